The number of carbonyl (C=O) groups excluding carboxylic acids is 1. The van der Waals surface area contributed by atoms with Crippen LogP contribution in [0.15, 0.2) is 47.4 Å². The Kier molecular flexibility index (Phi) is 5.33. The number of benzene rings is 2. The molecular weight excluding hydrogens is 418 g/mol. The topological polar surface area (TPSA) is 79.4 Å². The molecule has 31 heavy (non-hydrogen) atoms. The molecule has 1 amide bonds. The molecule has 1 saturated heterocycles. The smallest absolute Gasteiger partial charge is 0.243 e. The minimum Gasteiger partial charge on any atom is -0.486 e. The van der Waals surface area contributed by atoms with Gasteiger partial charge in [0.15, 0.2) is 11.5 Å². The summed E-state index contributed by atoms with van der Waals surface area (Å²) in [4.78, 5) is 16.9. The second-order valence-electron chi connectivity index (χ2n) is 7.91. The molecule has 0 aromatic heterocycles. The van der Waals surface area contributed by atoms with E-state index in [0.717, 1.165) is 12.1 Å². The zero-order chi connectivity index (χ0) is 21.4. The Hall–Kier alpha value is -2.62. The Morgan fingerprint density at radius 2 is 1.65 bits per heavy atom. The number of hydrogen-bond acceptors (Lipinski definition) is 6. The Balaban J connectivity index is 1.21. The average Bonchev–Trinajstić information content (AvgIpc) is 3.23. The number of carbonyl (C=O) groups is 1. The molecule has 2 aromatic rings. The fourth-order valence-electron chi connectivity index (χ4n) is 4.34. The van der Waals surface area contributed by atoms with Crippen LogP contribution in [0, 0.1) is 0 Å². The van der Waals surface area contributed by atoms with Crippen molar-refractivity contribution in [1.82, 2.24) is 9.21 Å². The van der Waals surface area contributed by atoms with Crippen LogP contribution < -0.4 is 14.4 Å². The van der Waals surface area contributed by atoms with Crippen molar-refractivity contribution < 1.29 is 22.7 Å². The molecule has 3 heterocycles. The highest BCUT2D eigenvalue weighted by atomic mass is 32.2. The van der Waals surface area contributed by atoms with E-state index in [4.69, 9.17) is 9.47 Å². The summed E-state index contributed by atoms with van der Waals surface area (Å²) < 4.78 is 38.6. The molecular formula is C22H25N3O5S. The highest BCUT2D eigenvalue weighted by Gasteiger charge is 2.32. The summed E-state index contributed by atoms with van der Waals surface area (Å²) in [6, 6.07) is 12.7. The van der Waals surface area contributed by atoms with Gasteiger partial charge in [-0.2, -0.15) is 4.31 Å². The maximum atomic E-state index is 13.1. The molecule has 8 nitrogen and oxygen atoms in total. The number of fused-ring (bicyclic) bond motifs is 2. The van der Waals surface area contributed by atoms with Gasteiger partial charge in [-0.05, 0) is 30.2 Å². The maximum absolute atomic E-state index is 13.1. The average molecular weight is 444 g/mol. The normalized spacial score (nSPS) is 19.3. The van der Waals surface area contributed by atoms with Crippen LogP contribution >= 0.6 is 0 Å². The lowest BCUT2D eigenvalue weighted by atomic mass is 10.2. The fraction of sp³-hybridized carbons (Fsp3) is 0.409. The van der Waals surface area contributed by atoms with Gasteiger partial charge in [-0.3, -0.25) is 9.69 Å². The van der Waals surface area contributed by atoms with Gasteiger partial charge in [-0.1, -0.05) is 18.2 Å². The lowest BCUT2D eigenvalue weighted by Gasteiger charge is -2.34. The van der Waals surface area contributed by atoms with Crippen molar-refractivity contribution in [2.24, 2.45) is 0 Å². The highest BCUT2D eigenvalue weighted by molar-refractivity contribution is 7.89. The van der Waals surface area contributed by atoms with Gasteiger partial charge in [0.25, 0.3) is 0 Å². The number of sulfonamides is 1. The molecule has 3 aliphatic rings. The number of hydrogen-bond donors (Lipinski definition) is 0. The molecule has 5 rings (SSSR count). The predicted molar refractivity (Wildman–Crippen MR) is 115 cm³/mol. The van der Waals surface area contributed by atoms with Gasteiger partial charge in [-0.15, -0.1) is 0 Å². The third-order valence-electron chi connectivity index (χ3n) is 6.03. The van der Waals surface area contributed by atoms with Crippen LogP contribution in [0.25, 0.3) is 0 Å². The van der Waals surface area contributed by atoms with E-state index < -0.39 is 10.0 Å². The number of piperazine rings is 1. The molecule has 0 atom stereocenters. The molecule has 9 heteroatoms. The zero-order valence-electron chi connectivity index (χ0n) is 17.2. The van der Waals surface area contributed by atoms with Crippen molar-refractivity contribution >= 4 is 21.6 Å². The van der Waals surface area contributed by atoms with E-state index in [1.165, 1.54) is 15.9 Å². The molecule has 164 valence electrons. The van der Waals surface area contributed by atoms with Crippen LogP contribution in [0.2, 0.25) is 0 Å². The summed E-state index contributed by atoms with van der Waals surface area (Å²) in [7, 11) is -3.63. The molecule has 0 aliphatic carbocycles. The summed E-state index contributed by atoms with van der Waals surface area (Å²) in [6.07, 6.45) is 0.878. The minimum atomic E-state index is -3.63. The summed E-state index contributed by atoms with van der Waals surface area (Å²) in [6.45, 7) is 3.60. The molecule has 2 aromatic carbocycles. The molecule has 0 bridgehead atoms. The fourth-order valence-corrected chi connectivity index (χ4v) is 5.77. The molecule has 0 radical (unpaired) electrons. The first-order chi connectivity index (χ1) is 15.0. The Morgan fingerprint density at radius 3 is 2.45 bits per heavy atom. The number of rotatable bonds is 4. The number of ether oxygens (including phenoxy) is 2. The first-order valence-electron chi connectivity index (χ1n) is 10.5. The lowest BCUT2D eigenvalue weighted by molar-refractivity contribution is -0.119. The van der Waals surface area contributed by atoms with Crippen molar-refractivity contribution in [3.63, 3.8) is 0 Å². The van der Waals surface area contributed by atoms with Gasteiger partial charge < -0.3 is 14.4 Å². The van der Waals surface area contributed by atoms with Crippen LogP contribution in [0.4, 0.5) is 5.69 Å². The summed E-state index contributed by atoms with van der Waals surface area (Å²) in [5.41, 5.74) is 2.19. The number of anilines is 1. The van der Waals surface area contributed by atoms with Crippen LogP contribution in [0.5, 0.6) is 11.5 Å². The monoisotopic (exact) mass is 443 g/mol. The molecule has 0 spiro atoms. The lowest BCUT2D eigenvalue weighted by Crippen LogP contribution is -2.51. The van der Waals surface area contributed by atoms with E-state index >= 15 is 0 Å². The van der Waals surface area contributed by atoms with E-state index in [-0.39, 0.29) is 10.8 Å². The van der Waals surface area contributed by atoms with E-state index in [0.29, 0.717) is 64.0 Å². The standard InChI is InChI=1S/C22H25N3O5S/c26-22(25-8-7-17-3-1-2-4-19(17)25)16-23-9-11-24(12-10-23)31(27,28)18-5-6-20-21(15-18)30-14-13-29-20/h1-6,15H,7-14,16H2. The van der Waals surface area contributed by atoms with E-state index in [1.54, 1.807) is 12.1 Å². The molecule has 0 unspecified atom stereocenters. The largest absolute Gasteiger partial charge is 0.486 e. The number of para-hydroxylation sites is 1. The van der Waals surface area contributed by atoms with Gasteiger partial charge in [0.1, 0.15) is 13.2 Å². The summed E-state index contributed by atoms with van der Waals surface area (Å²) in [5.74, 6) is 1.09. The van der Waals surface area contributed by atoms with Crippen molar-refractivity contribution in [2.75, 3.05) is 57.4 Å². The van der Waals surface area contributed by atoms with Gasteiger partial charge in [0, 0.05) is 44.5 Å². The molecule has 0 N–H and O–H groups in total. The van der Waals surface area contributed by atoms with Crippen LogP contribution in [0.1, 0.15) is 5.56 Å². The van der Waals surface area contributed by atoms with Gasteiger partial charge in [0.05, 0.1) is 11.4 Å². The Labute approximate surface area is 182 Å². The van der Waals surface area contributed by atoms with Crippen LogP contribution in [-0.4, -0.2) is 76.0 Å². The van der Waals surface area contributed by atoms with Crippen LogP contribution in [0.3, 0.4) is 0 Å². The Morgan fingerprint density at radius 1 is 0.903 bits per heavy atom. The maximum Gasteiger partial charge on any atom is 0.243 e. The second kappa shape index (κ2) is 8.14. The zero-order valence-corrected chi connectivity index (χ0v) is 18.0. The molecule has 0 saturated carbocycles. The van der Waals surface area contributed by atoms with E-state index in [1.807, 2.05) is 28.0 Å². The minimum absolute atomic E-state index is 0.0630. The summed E-state index contributed by atoms with van der Waals surface area (Å²) >= 11 is 0. The SMILES string of the molecule is O=C(CN1CCN(S(=O)(=O)c2ccc3c(c2)OCCO3)CC1)N1CCc2ccccc21. The molecule has 3 aliphatic heterocycles. The number of nitrogens with zero attached hydrogens (tertiary/aromatic N) is 3. The highest BCUT2D eigenvalue weighted by Crippen LogP contribution is 2.33. The first-order valence-corrected chi connectivity index (χ1v) is 12.0. The van der Waals surface area contributed by atoms with Crippen molar-refractivity contribution in [3.05, 3.63) is 48.0 Å². The van der Waals surface area contributed by atoms with Crippen LogP contribution in [-0.2, 0) is 21.2 Å². The predicted octanol–water partition coefficient (Wildman–Crippen LogP) is 1.35. The third-order valence-corrected chi connectivity index (χ3v) is 7.92. The second-order valence-corrected chi connectivity index (χ2v) is 9.85. The van der Waals surface area contributed by atoms with E-state index in [2.05, 4.69) is 6.07 Å². The quantitative estimate of drug-likeness (QED) is 0.710. The summed E-state index contributed by atoms with van der Waals surface area (Å²) in [5, 5.41) is 0. The van der Waals surface area contributed by atoms with E-state index in [9.17, 15) is 13.2 Å². The first kappa shape index (κ1) is 20.3. The van der Waals surface area contributed by atoms with Gasteiger partial charge >= 0.3 is 0 Å². The van der Waals surface area contributed by atoms with Crippen molar-refractivity contribution in [3.8, 4) is 11.5 Å². The van der Waals surface area contributed by atoms with Gasteiger partial charge in [0.2, 0.25) is 15.9 Å². The van der Waals surface area contributed by atoms with Gasteiger partial charge in [-0.25, -0.2) is 8.42 Å². The third kappa shape index (κ3) is 3.88. The van der Waals surface area contributed by atoms with Crippen molar-refractivity contribution in [2.45, 2.75) is 11.3 Å². The Bertz CT molecular complexity index is 1100. The molecule has 1 fully saturated rings. The van der Waals surface area contributed by atoms with Crippen molar-refractivity contribution in [1.29, 1.82) is 0 Å². The number of amides is 1.